The maximum absolute atomic E-state index is 13.4. The highest BCUT2D eigenvalue weighted by atomic mass is 19.4. The van der Waals surface area contributed by atoms with Crippen molar-refractivity contribution in [3.05, 3.63) is 34.6 Å². The van der Waals surface area contributed by atoms with Gasteiger partial charge in [0.15, 0.2) is 0 Å². The molecule has 1 heterocycles. The van der Waals surface area contributed by atoms with Crippen LogP contribution < -0.4 is 0 Å². The van der Waals surface area contributed by atoms with Gasteiger partial charge in [-0.15, -0.1) is 0 Å². The van der Waals surface area contributed by atoms with Crippen LogP contribution in [0.4, 0.5) is 13.2 Å². The molecule has 1 fully saturated rings. The van der Waals surface area contributed by atoms with Gasteiger partial charge in [0.05, 0.1) is 5.92 Å². The van der Waals surface area contributed by atoms with Gasteiger partial charge in [-0.05, 0) is 82.1 Å². The molecule has 30 heavy (non-hydrogen) atoms. The molecule has 0 N–H and O–H groups in total. The maximum Gasteiger partial charge on any atom is 0.392 e. The molecular weight excluding hydrogens is 385 g/mol. The molecular formula is C26H35F3O. The summed E-state index contributed by atoms with van der Waals surface area (Å²) in [5.41, 5.74) is 4.15. The number of hydrogen-bond donors (Lipinski definition) is 0. The molecule has 4 heteroatoms. The minimum absolute atomic E-state index is 0.0872. The van der Waals surface area contributed by atoms with E-state index in [1.165, 1.54) is 43.4 Å². The second kappa shape index (κ2) is 8.06. The third-order valence-electron chi connectivity index (χ3n) is 8.55. The average Bonchev–Trinajstić information content (AvgIpc) is 3.12. The predicted molar refractivity (Wildman–Crippen MR) is 113 cm³/mol. The second-order valence-corrected chi connectivity index (χ2v) is 10.5. The Kier molecular flexibility index (Phi) is 5.56. The highest BCUT2D eigenvalue weighted by Gasteiger charge is 2.49. The molecule has 0 amide bonds. The van der Waals surface area contributed by atoms with Crippen molar-refractivity contribution < 1.29 is 17.9 Å². The van der Waals surface area contributed by atoms with Crippen LogP contribution in [0.3, 0.4) is 0 Å². The summed E-state index contributed by atoms with van der Waals surface area (Å²) in [6, 6.07) is 0. The lowest BCUT2D eigenvalue weighted by molar-refractivity contribution is -0.177. The smallest absolute Gasteiger partial charge is 0.392 e. The van der Waals surface area contributed by atoms with Crippen LogP contribution in [-0.4, -0.2) is 12.3 Å². The van der Waals surface area contributed by atoms with E-state index in [0.29, 0.717) is 18.3 Å². The molecule has 0 bridgehead atoms. The highest BCUT2D eigenvalue weighted by molar-refractivity contribution is 5.33. The third kappa shape index (κ3) is 3.77. The van der Waals surface area contributed by atoms with Gasteiger partial charge in [0.2, 0.25) is 0 Å². The zero-order chi connectivity index (χ0) is 20.9. The first-order chi connectivity index (χ1) is 14.4. The van der Waals surface area contributed by atoms with Crippen molar-refractivity contribution in [2.75, 3.05) is 0 Å². The van der Waals surface area contributed by atoms with E-state index in [1.807, 2.05) is 0 Å². The van der Waals surface area contributed by atoms with E-state index in [0.717, 1.165) is 37.2 Å². The van der Waals surface area contributed by atoms with E-state index in [-0.39, 0.29) is 24.9 Å². The number of hydrogen-bond acceptors (Lipinski definition) is 1. The molecule has 4 aliphatic carbocycles. The van der Waals surface area contributed by atoms with Gasteiger partial charge < -0.3 is 4.74 Å². The van der Waals surface area contributed by atoms with Crippen LogP contribution in [0.15, 0.2) is 34.6 Å². The minimum Gasteiger partial charge on any atom is -0.493 e. The molecule has 1 nitrogen and oxygen atoms in total. The normalized spacial score (nSPS) is 39.6. The van der Waals surface area contributed by atoms with Gasteiger partial charge in [-0.1, -0.05) is 36.6 Å². The number of alkyl halides is 3. The van der Waals surface area contributed by atoms with Crippen molar-refractivity contribution in [3.63, 3.8) is 0 Å². The van der Waals surface area contributed by atoms with Crippen molar-refractivity contribution >= 4 is 0 Å². The molecule has 0 aromatic carbocycles. The fraction of sp³-hybridized carbons (Fsp3) is 0.769. The Morgan fingerprint density at radius 2 is 1.63 bits per heavy atom. The molecule has 0 spiro atoms. The van der Waals surface area contributed by atoms with E-state index in [9.17, 15) is 13.2 Å². The van der Waals surface area contributed by atoms with Crippen LogP contribution >= 0.6 is 0 Å². The van der Waals surface area contributed by atoms with E-state index in [1.54, 1.807) is 5.57 Å². The summed E-state index contributed by atoms with van der Waals surface area (Å²) in [5, 5.41) is 0. The molecule has 0 radical (unpaired) electrons. The van der Waals surface area contributed by atoms with Gasteiger partial charge in [-0.2, -0.15) is 13.2 Å². The number of fused-ring (bicyclic) bond motifs is 2. The number of allylic oxidation sites excluding steroid dienone is 3. The Morgan fingerprint density at radius 1 is 0.867 bits per heavy atom. The van der Waals surface area contributed by atoms with Crippen molar-refractivity contribution in [3.8, 4) is 0 Å². The van der Waals surface area contributed by atoms with Crippen LogP contribution in [0, 0.1) is 29.6 Å². The monoisotopic (exact) mass is 420 g/mol. The topological polar surface area (TPSA) is 9.23 Å². The molecule has 1 saturated carbocycles. The Labute approximate surface area is 178 Å². The van der Waals surface area contributed by atoms with Gasteiger partial charge >= 0.3 is 6.18 Å². The summed E-state index contributed by atoms with van der Waals surface area (Å²) >= 11 is 0. The minimum atomic E-state index is -4.07. The van der Waals surface area contributed by atoms with E-state index < -0.39 is 12.1 Å². The van der Waals surface area contributed by atoms with Gasteiger partial charge in [0, 0.05) is 17.8 Å². The van der Waals surface area contributed by atoms with Crippen LogP contribution in [-0.2, 0) is 4.74 Å². The molecule has 6 unspecified atom stereocenters. The van der Waals surface area contributed by atoms with Crippen LogP contribution in [0.25, 0.3) is 0 Å². The quantitative estimate of drug-likeness (QED) is 0.413. The third-order valence-corrected chi connectivity index (χ3v) is 8.55. The maximum atomic E-state index is 13.4. The van der Waals surface area contributed by atoms with E-state index in [4.69, 9.17) is 4.74 Å². The summed E-state index contributed by atoms with van der Waals surface area (Å²) in [5.74, 6) is 1.88. The summed E-state index contributed by atoms with van der Waals surface area (Å²) in [6.07, 6.45) is 12.0. The summed E-state index contributed by atoms with van der Waals surface area (Å²) in [7, 11) is 0. The first-order valence-electron chi connectivity index (χ1n) is 12.3. The van der Waals surface area contributed by atoms with Crippen molar-refractivity contribution in [1.82, 2.24) is 0 Å². The van der Waals surface area contributed by atoms with Gasteiger partial charge in [-0.3, -0.25) is 0 Å². The van der Waals surface area contributed by atoms with E-state index >= 15 is 0 Å². The largest absolute Gasteiger partial charge is 0.493 e. The second-order valence-electron chi connectivity index (χ2n) is 10.5. The fourth-order valence-electron chi connectivity index (χ4n) is 7.05. The zero-order valence-electron chi connectivity index (χ0n) is 18.1. The zero-order valence-corrected chi connectivity index (χ0v) is 18.1. The first kappa shape index (κ1) is 20.7. The molecule has 5 aliphatic rings. The lowest BCUT2D eigenvalue weighted by Crippen LogP contribution is -2.36. The van der Waals surface area contributed by atoms with Crippen molar-refractivity contribution in [2.24, 2.45) is 29.6 Å². The lowest BCUT2D eigenvalue weighted by Gasteiger charge is -2.38. The molecule has 0 saturated heterocycles. The van der Waals surface area contributed by atoms with Crippen molar-refractivity contribution in [1.29, 1.82) is 0 Å². The molecule has 1 aliphatic heterocycles. The van der Waals surface area contributed by atoms with Gasteiger partial charge in [-0.25, -0.2) is 0 Å². The molecule has 0 aromatic rings. The molecule has 5 rings (SSSR count). The predicted octanol–water partition coefficient (Wildman–Crippen LogP) is 7.89. The SMILES string of the molecule is CC1CCC=C(C2CCCC3=C2OC2C(C4=CCCC(C(F)(F)F)C4)CCCC32)C1. The Balaban J connectivity index is 1.37. The Hall–Kier alpha value is -1.19. The number of rotatable bonds is 2. The number of ether oxygens (including phenoxy) is 1. The van der Waals surface area contributed by atoms with Crippen LogP contribution in [0.1, 0.15) is 84.0 Å². The summed E-state index contributed by atoms with van der Waals surface area (Å²) in [6.45, 7) is 2.35. The Bertz CT molecular complexity index is 759. The highest BCUT2D eigenvalue weighted by Crippen LogP contribution is 2.54. The summed E-state index contributed by atoms with van der Waals surface area (Å²) < 4.78 is 47.0. The van der Waals surface area contributed by atoms with Gasteiger partial charge in [0.25, 0.3) is 0 Å². The standard InChI is InChI=1S/C26H35F3O/c1-16-6-2-7-17(14-16)20-10-4-12-22-23-13-5-11-21(25(23)30-24(20)22)18-8-3-9-19(15-18)26(27,28)29/h7-8,16,19-21,23,25H,2-6,9-15H2,1H3. The fourth-order valence-corrected chi connectivity index (χ4v) is 7.05. The molecule has 6 atom stereocenters. The van der Waals surface area contributed by atoms with Gasteiger partial charge in [0.1, 0.15) is 11.9 Å². The first-order valence-corrected chi connectivity index (χ1v) is 12.3. The lowest BCUT2D eigenvalue weighted by atomic mass is 9.68. The molecule has 0 aromatic heterocycles. The van der Waals surface area contributed by atoms with Crippen molar-refractivity contribution in [2.45, 2.75) is 96.3 Å². The summed E-state index contributed by atoms with van der Waals surface area (Å²) in [4.78, 5) is 0. The van der Waals surface area contributed by atoms with Crippen LogP contribution in [0.5, 0.6) is 0 Å². The van der Waals surface area contributed by atoms with E-state index in [2.05, 4.69) is 19.1 Å². The number of halogens is 3. The van der Waals surface area contributed by atoms with Crippen LogP contribution in [0.2, 0.25) is 0 Å². The average molecular weight is 421 g/mol. The Morgan fingerprint density at radius 3 is 2.43 bits per heavy atom. The molecule has 166 valence electrons.